The maximum Gasteiger partial charge on any atom is 0.338 e. The molecule has 2 aromatic rings. The fraction of sp³-hybridized carbons (Fsp3) is 0.500. The summed E-state index contributed by atoms with van der Waals surface area (Å²) in [5.41, 5.74) is 2.80. The number of hydrogen-bond donors (Lipinski definition) is 0. The van der Waals surface area contributed by atoms with Crippen molar-refractivity contribution in [3.63, 3.8) is 0 Å². The van der Waals surface area contributed by atoms with Gasteiger partial charge in [0.2, 0.25) is 0 Å². The molecule has 0 spiro atoms. The molecule has 0 aromatic heterocycles. The zero-order chi connectivity index (χ0) is 23.0. The molecule has 2 rings (SSSR count). The Bertz CT molecular complexity index is 783. The molecule has 4 heteroatoms. The highest BCUT2D eigenvalue weighted by molar-refractivity contribution is 5.89. The van der Waals surface area contributed by atoms with E-state index in [4.69, 9.17) is 9.47 Å². The third-order valence-electron chi connectivity index (χ3n) is 5.58. The number of carbonyl (C=O) groups excluding carboxylic acids is 2. The minimum Gasteiger partial charge on any atom is -0.466 e. The van der Waals surface area contributed by atoms with Crippen molar-refractivity contribution in [3.05, 3.63) is 71.3 Å². The summed E-state index contributed by atoms with van der Waals surface area (Å²) < 4.78 is 10.9. The maximum absolute atomic E-state index is 12.6. The van der Waals surface area contributed by atoms with Crippen LogP contribution in [0.15, 0.2) is 54.6 Å². The second-order valence-corrected chi connectivity index (χ2v) is 8.22. The van der Waals surface area contributed by atoms with E-state index in [0.29, 0.717) is 31.4 Å². The number of aryl methyl sites for hydroxylation is 1. The van der Waals surface area contributed by atoms with Crippen molar-refractivity contribution in [3.8, 4) is 0 Å². The minimum absolute atomic E-state index is 0.213. The highest BCUT2D eigenvalue weighted by Crippen LogP contribution is 2.26. The summed E-state index contributed by atoms with van der Waals surface area (Å²) in [4.78, 5) is 24.3. The number of unbranched alkanes of at least 4 members (excludes halogenated alkanes) is 5. The zero-order valence-corrected chi connectivity index (χ0v) is 19.7. The van der Waals surface area contributed by atoms with Gasteiger partial charge in [0.25, 0.3) is 0 Å². The normalized spacial score (nSPS) is 11.7. The molecule has 0 saturated heterocycles. The standard InChI is InChI=1S/C28H38O4/c1-3-5-6-7-8-10-14-23-19-21-24(22-20-23)26(17-13-18-27(29)31-4-2)32-28(30)25-15-11-9-12-16-25/h9,11-12,15-16,19-22,26H,3-8,10,13-14,17-18H2,1-2H3. The first kappa shape index (κ1) is 25.6. The van der Waals surface area contributed by atoms with Gasteiger partial charge in [-0.1, -0.05) is 81.5 Å². The van der Waals surface area contributed by atoms with E-state index in [0.717, 1.165) is 12.0 Å². The molecule has 2 aromatic carbocycles. The summed E-state index contributed by atoms with van der Waals surface area (Å²) in [6.45, 7) is 4.42. The summed E-state index contributed by atoms with van der Waals surface area (Å²) in [7, 11) is 0. The van der Waals surface area contributed by atoms with Crippen LogP contribution in [0.2, 0.25) is 0 Å². The van der Waals surface area contributed by atoms with Gasteiger partial charge < -0.3 is 9.47 Å². The van der Waals surface area contributed by atoms with Gasteiger partial charge in [0.15, 0.2) is 0 Å². The predicted octanol–water partition coefficient (Wildman–Crippen LogP) is 7.22. The average Bonchev–Trinajstić information content (AvgIpc) is 2.82. The van der Waals surface area contributed by atoms with Crippen molar-refractivity contribution in [2.75, 3.05) is 6.61 Å². The van der Waals surface area contributed by atoms with Gasteiger partial charge >= 0.3 is 11.9 Å². The molecule has 0 aliphatic carbocycles. The summed E-state index contributed by atoms with van der Waals surface area (Å²) >= 11 is 0. The van der Waals surface area contributed by atoms with Crippen LogP contribution in [0.1, 0.15) is 99.2 Å². The Labute approximate surface area is 193 Å². The van der Waals surface area contributed by atoms with E-state index in [1.165, 1.54) is 44.1 Å². The topological polar surface area (TPSA) is 52.6 Å². The van der Waals surface area contributed by atoms with Crippen LogP contribution < -0.4 is 0 Å². The van der Waals surface area contributed by atoms with Crippen LogP contribution in [0.25, 0.3) is 0 Å². The molecule has 1 unspecified atom stereocenters. The third-order valence-corrected chi connectivity index (χ3v) is 5.58. The Morgan fingerprint density at radius 2 is 1.50 bits per heavy atom. The van der Waals surface area contributed by atoms with Crippen LogP contribution in [0.3, 0.4) is 0 Å². The van der Waals surface area contributed by atoms with Gasteiger partial charge in [-0.15, -0.1) is 0 Å². The summed E-state index contributed by atoms with van der Waals surface area (Å²) in [5, 5.41) is 0. The molecule has 174 valence electrons. The second kappa shape index (κ2) is 15.2. The molecule has 32 heavy (non-hydrogen) atoms. The van der Waals surface area contributed by atoms with Crippen LogP contribution in [-0.2, 0) is 20.7 Å². The number of ether oxygens (including phenoxy) is 2. The monoisotopic (exact) mass is 438 g/mol. The smallest absolute Gasteiger partial charge is 0.338 e. The highest BCUT2D eigenvalue weighted by Gasteiger charge is 2.19. The third kappa shape index (κ3) is 9.67. The Balaban J connectivity index is 1.95. The van der Waals surface area contributed by atoms with Crippen molar-refractivity contribution in [2.24, 2.45) is 0 Å². The van der Waals surface area contributed by atoms with Gasteiger partial charge in [-0.25, -0.2) is 4.79 Å². The van der Waals surface area contributed by atoms with E-state index >= 15 is 0 Å². The highest BCUT2D eigenvalue weighted by atomic mass is 16.5. The molecule has 0 amide bonds. The van der Waals surface area contributed by atoms with E-state index < -0.39 is 0 Å². The van der Waals surface area contributed by atoms with E-state index in [1.807, 2.05) is 18.2 Å². The first-order valence-corrected chi connectivity index (χ1v) is 12.1. The molecule has 0 bridgehead atoms. The van der Waals surface area contributed by atoms with E-state index in [9.17, 15) is 9.59 Å². The van der Waals surface area contributed by atoms with Gasteiger partial charge in [-0.2, -0.15) is 0 Å². The van der Waals surface area contributed by atoms with Crippen LogP contribution in [-0.4, -0.2) is 18.5 Å². The summed E-state index contributed by atoms with van der Waals surface area (Å²) in [5.74, 6) is -0.558. The Kier molecular flexibility index (Phi) is 12.2. The number of hydrogen-bond acceptors (Lipinski definition) is 4. The van der Waals surface area contributed by atoms with E-state index in [2.05, 4.69) is 31.2 Å². The predicted molar refractivity (Wildman–Crippen MR) is 129 cm³/mol. The maximum atomic E-state index is 12.6. The number of carbonyl (C=O) groups is 2. The first-order chi connectivity index (χ1) is 15.6. The van der Waals surface area contributed by atoms with Crippen molar-refractivity contribution in [1.29, 1.82) is 0 Å². The van der Waals surface area contributed by atoms with Crippen molar-refractivity contribution < 1.29 is 19.1 Å². The summed E-state index contributed by atoms with van der Waals surface area (Å²) in [6.07, 6.45) is 9.90. The number of rotatable bonds is 15. The largest absolute Gasteiger partial charge is 0.466 e. The van der Waals surface area contributed by atoms with E-state index in [1.54, 1.807) is 19.1 Å². The molecule has 4 nitrogen and oxygen atoms in total. The van der Waals surface area contributed by atoms with Gasteiger partial charge in [-0.05, 0) is 55.9 Å². The SMILES string of the molecule is CCCCCCCCc1ccc(C(CCCC(=O)OCC)OC(=O)c2ccccc2)cc1. The molecule has 0 fully saturated rings. The minimum atomic E-state index is -0.389. The van der Waals surface area contributed by atoms with Gasteiger partial charge in [0.05, 0.1) is 12.2 Å². The Morgan fingerprint density at radius 3 is 2.19 bits per heavy atom. The van der Waals surface area contributed by atoms with Crippen LogP contribution in [0.5, 0.6) is 0 Å². The van der Waals surface area contributed by atoms with Gasteiger partial charge in [-0.3, -0.25) is 4.79 Å². The van der Waals surface area contributed by atoms with Crippen LogP contribution >= 0.6 is 0 Å². The molecule has 0 radical (unpaired) electrons. The Morgan fingerprint density at radius 1 is 0.812 bits per heavy atom. The molecular formula is C28H38O4. The fourth-order valence-electron chi connectivity index (χ4n) is 3.74. The molecule has 0 saturated carbocycles. The molecule has 0 aliphatic heterocycles. The van der Waals surface area contributed by atoms with Gasteiger partial charge in [0.1, 0.15) is 6.10 Å². The van der Waals surface area contributed by atoms with Crippen molar-refractivity contribution in [1.82, 2.24) is 0 Å². The molecular weight excluding hydrogens is 400 g/mol. The van der Waals surface area contributed by atoms with Crippen LogP contribution in [0, 0.1) is 0 Å². The number of benzene rings is 2. The molecule has 0 aliphatic rings. The Hall–Kier alpha value is -2.62. The second-order valence-electron chi connectivity index (χ2n) is 8.22. The summed E-state index contributed by atoms with van der Waals surface area (Å²) in [6, 6.07) is 17.4. The van der Waals surface area contributed by atoms with Crippen molar-refractivity contribution >= 4 is 11.9 Å². The lowest BCUT2D eigenvalue weighted by Crippen LogP contribution is -2.13. The molecule has 0 N–H and O–H groups in total. The fourth-order valence-corrected chi connectivity index (χ4v) is 3.74. The lowest BCUT2D eigenvalue weighted by atomic mass is 9.99. The van der Waals surface area contributed by atoms with Crippen molar-refractivity contribution in [2.45, 2.75) is 84.2 Å². The van der Waals surface area contributed by atoms with E-state index in [-0.39, 0.29) is 18.0 Å². The average molecular weight is 439 g/mol. The molecule has 1 atom stereocenters. The quantitative estimate of drug-likeness (QED) is 0.217. The van der Waals surface area contributed by atoms with Gasteiger partial charge in [0, 0.05) is 6.42 Å². The van der Waals surface area contributed by atoms with Crippen LogP contribution in [0.4, 0.5) is 0 Å². The first-order valence-electron chi connectivity index (χ1n) is 12.1. The zero-order valence-electron chi connectivity index (χ0n) is 19.7. The lowest BCUT2D eigenvalue weighted by Gasteiger charge is -2.19. The molecule has 0 heterocycles. The number of esters is 2. The lowest BCUT2D eigenvalue weighted by molar-refractivity contribution is -0.143.